The van der Waals surface area contributed by atoms with E-state index in [1.54, 1.807) is 24.3 Å². The first-order chi connectivity index (χ1) is 13.9. The van der Waals surface area contributed by atoms with Crippen molar-refractivity contribution in [1.82, 2.24) is 0 Å². The van der Waals surface area contributed by atoms with Crippen molar-refractivity contribution in [3.63, 3.8) is 0 Å². The number of thioether (sulfide) groups is 1. The molecule has 2 aromatic carbocycles. The first-order valence-electron chi connectivity index (χ1n) is 8.89. The van der Waals surface area contributed by atoms with Crippen LogP contribution < -0.4 is 20.1 Å². The van der Waals surface area contributed by atoms with Crippen LogP contribution in [0.2, 0.25) is 0 Å². The van der Waals surface area contributed by atoms with Crippen LogP contribution in [-0.4, -0.2) is 29.9 Å². The third-order valence-electron chi connectivity index (χ3n) is 4.25. The quantitative estimate of drug-likeness (QED) is 0.537. The van der Waals surface area contributed by atoms with E-state index < -0.39 is 5.91 Å². The summed E-state index contributed by atoms with van der Waals surface area (Å²) in [5.74, 6) is 0.0849. The summed E-state index contributed by atoms with van der Waals surface area (Å²) in [7, 11) is 1.50. The van der Waals surface area contributed by atoms with Crippen LogP contribution in [0, 0.1) is 0 Å². The van der Waals surface area contributed by atoms with Gasteiger partial charge in [0, 0.05) is 0 Å². The molecule has 6 nitrogen and oxygen atoms in total. The minimum Gasteiger partial charge on any atom is -0.493 e. The predicted molar refractivity (Wildman–Crippen MR) is 119 cm³/mol. The number of benzene rings is 2. The van der Waals surface area contributed by atoms with E-state index in [9.17, 15) is 9.59 Å². The van der Waals surface area contributed by atoms with Crippen molar-refractivity contribution in [3.8, 4) is 11.5 Å². The number of hydrogen-bond donors (Lipinski definition) is 1. The zero-order valence-corrected chi connectivity index (χ0v) is 17.6. The Labute approximate surface area is 178 Å². The molecule has 0 spiro atoms. The monoisotopic (exact) mass is 428 g/mol. The van der Waals surface area contributed by atoms with Crippen LogP contribution in [-0.2, 0) is 16.0 Å². The lowest BCUT2D eigenvalue weighted by molar-refractivity contribution is -0.120. The Morgan fingerprint density at radius 3 is 2.55 bits per heavy atom. The summed E-state index contributed by atoms with van der Waals surface area (Å²) >= 11 is 6.67. The lowest BCUT2D eigenvalue weighted by Gasteiger charge is -2.14. The molecule has 1 saturated heterocycles. The highest BCUT2D eigenvalue weighted by Gasteiger charge is 2.33. The maximum atomic E-state index is 12.9. The summed E-state index contributed by atoms with van der Waals surface area (Å²) in [6.45, 7) is 1.83. The van der Waals surface area contributed by atoms with Crippen LogP contribution in [0.15, 0.2) is 47.4 Å². The number of aryl methyl sites for hydroxylation is 1. The number of rotatable bonds is 7. The van der Waals surface area contributed by atoms with Gasteiger partial charge in [-0.2, -0.15) is 0 Å². The van der Waals surface area contributed by atoms with Crippen molar-refractivity contribution >= 4 is 51.9 Å². The maximum absolute atomic E-state index is 12.9. The molecule has 0 radical (unpaired) electrons. The number of primary amides is 1. The number of hydrogen-bond acceptors (Lipinski definition) is 6. The highest BCUT2D eigenvalue weighted by Crippen LogP contribution is 2.37. The lowest BCUT2D eigenvalue weighted by Crippen LogP contribution is -2.27. The summed E-state index contributed by atoms with van der Waals surface area (Å²) < 4.78 is 11.1. The van der Waals surface area contributed by atoms with Crippen LogP contribution in [0.4, 0.5) is 5.69 Å². The second-order valence-electron chi connectivity index (χ2n) is 6.20. The van der Waals surface area contributed by atoms with Crippen LogP contribution in [0.1, 0.15) is 18.1 Å². The summed E-state index contributed by atoms with van der Waals surface area (Å²) in [4.78, 5) is 25.9. The van der Waals surface area contributed by atoms with E-state index in [-0.39, 0.29) is 12.5 Å². The van der Waals surface area contributed by atoms with Gasteiger partial charge in [-0.25, -0.2) is 0 Å². The lowest BCUT2D eigenvalue weighted by atomic mass is 10.1. The van der Waals surface area contributed by atoms with E-state index >= 15 is 0 Å². The van der Waals surface area contributed by atoms with Gasteiger partial charge in [0.2, 0.25) is 0 Å². The number of carbonyl (C=O) groups excluding carboxylic acids is 2. The molecular weight excluding hydrogens is 408 g/mol. The first kappa shape index (κ1) is 20.9. The van der Waals surface area contributed by atoms with E-state index in [2.05, 4.69) is 6.92 Å². The minimum atomic E-state index is -0.577. The molecule has 8 heteroatoms. The molecule has 0 saturated carbocycles. The molecule has 2 amide bonds. The maximum Gasteiger partial charge on any atom is 0.270 e. The second kappa shape index (κ2) is 9.11. The van der Waals surface area contributed by atoms with E-state index in [1.165, 1.54) is 29.3 Å². The molecule has 0 aliphatic carbocycles. The Bertz CT molecular complexity index is 987. The third kappa shape index (κ3) is 4.78. The van der Waals surface area contributed by atoms with Crippen molar-refractivity contribution in [2.24, 2.45) is 5.73 Å². The van der Waals surface area contributed by atoms with Gasteiger partial charge in [-0.3, -0.25) is 14.5 Å². The van der Waals surface area contributed by atoms with Gasteiger partial charge in [-0.05, 0) is 47.9 Å². The predicted octanol–water partition coefficient (Wildman–Crippen LogP) is 3.53. The third-order valence-corrected chi connectivity index (χ3v) is 5.55. The fourth-order valence-corrected chi connectivity index (χ4v) is 4.06. The number of nitrogens with two attached hydrogens (primary N) is 1. The van der Waals surface area contributed by atoms with Gasteiger partial charge in [0.15, 0.2) is 22.4 Å². The van der Waals surface area contributed by atoms with Gasteiger partial charge >= 0.3 is 0 Å². The topological polar surface area (TPSA) is 81.9 Å². The van der Waals surface area contributed by atoms with Gasteiger partial charge in [0.25, 0.3) is 11.8 Å². The molecule has 29 heavy (non-hydrogen) atoms. The normalized spacial score (nSPS) is 15.1. The first-order valence-corrected chi connectivity index (χ1v) is 10.1. The summed E-state index contributed by atoms with van der Waals surface area (Å²) in [6, 6.07) is 12.9. The average Bonchev–Trinajstić information content (AvgIpc) is 2.99. The van der Waals surface area contributed by atoms with Gasteiger partial charge in [0.05, 0.1) is 17.7 Å². The van der Waals surface area contributed by atoms with Gasteiger partial charge in [-0.15, -0.1) is 0 Å². The molecule has 0 unspecified atom stereocenters. The molecule has 150 valence electrons. The number of anilines is 1. The molecule has 2 N–H and O–H groups in total. The van der Waals surface area contributed by atoms with E-state index in [4.69, 9.17) is 27.4 Å². The number of thiocarbonyl (C=S) groups is 1. The Balaban J connectivity index is 1.84. The zero-order valence-electron chi connectivity index (χ0n) is 16.0. The summed E-state index contributed by atoms with van der Waals surface area (Å²) in [6.07, 6.45) is 2.68. The average molecular weight is 429 g/mol. The number of nitrogens with zero attached hydrogens (tertiary/aromatic N) is 1. The molecule has 1 fully saturated rings. The van der Waals surface area contributed by atoms with Crippen molar-refractivity contribution in [2.45, 2.75) is 13.3 Å². The fourth-order valence-electron chi connectivity index (χ4n) is 2.76. The largest absolute Gasteiger partial charge is 0.493 e. The van der Waals surface area contributed by atoms with E-state index in [0.29, 0.717) is 20.7 Å². The molecule has 1 aliphatic rings. The smallest absolute Gasteiger partial charge is 0.270 e. The number of amides is 2. The summed E-state index contributed by atoms with van der Waals surface area (Å²) in [5.41, 5.74) is 7.80. The molecule has 0 aromatic heterocycles. The molecule has 2 aromatic rings. The number of carbonyl (C=O) groups is 2. The Hall–Kier alpha value is -2.84. The van der Waals surface area contributed by atoms with Crippen molar-refractivity contribution in [1.29, 1.82) is 0 Å². The molecule has 1 heterocycles. The Kier molecular flexibility index (Phi) is 6.56. The van der Waals surface area contributed by atoms with Crippen LogP contribution in [0.3, 0.4) is 0 Å². The zero-order chi connectivity index (χ0) is 21.0. The molecular formula is C21H20N2O4S2. The highest BCUT2D eigenvalue weighted by atomic mass is 32.2. The fraction of sp³-hybridized carbons (Fsp3) is 0.190. The van der Waals surface area contributed by atoms with Crippen LogP contribution in [0.5, 0.6) is 11.5 Å². The van der Waals surface area contributed by atoms with Gasteiger partial charge < -0.3 is 15.2 Å². The molecule has 1 aliphatic heterocycles. The molecule has 0 bridgehead atoms. The van der Waals surface area contributed by atoms with Crippen LogP contribution >= 0.6 is 24.0 Å². The summed E-state index contributed by atoms with van der Waals surface area (Å²) in [5, 5.41) is 0. The van der Waals surface area contributed by atoms with Crippen molar-refractivity contribution < 1.29 is 19.1 Å². The Morgan fingerprint density at radius 2 is 1.93 bits per heavy atom. The van der Waals surface area contributed by atoms with E-state index in [1.807, 2.05) is 24.3 Å². The standard InChI is InChI=1S/C21H20N2O4S2/c1-3-13-4-7-15(8-5-13)23-20(25)18(29-21(23)28)11-14-6-9-16(17(10-14)26-2)27-12-19(22)24/h4-11H,3,12H2,1-2H3,(H2,22,24)/b18-11-. The molecule has 0 atom stereocenters. The number of methoxy groups -OCH3 is 1. The SMILES string of the molecule is CCc1ccc(N2C(=O)/C(=C/c3ccc(OCC(N)=O)c(OC)c3)SC2=S)cc1. The highest BCUT2D eigenvalue weighted by molar-refractivity contribution is 8.27. The number of ether oxygens (including phenoxy) is 2. The van der Waals surface area contributed by atoms with Crippen molar-refractivity contribution in [3.05, 3.63) is 58.5 Å². The minimum absolute atomic E-state index is 0.169. The van der Waals surface area contributed by atoms with Gasteiger partial charge in [0.1, 0.15) is 0 Å². The second-order valence-corrected chi connectivity index (χ2v) is 7.88. The van der Waals surface area contributed by atoms with E-state index in [0.717, 1.165) is 17.7 Å². The Morgan fingerprint density at radius 1 is 1.21 bits per heavy atom. The molecule has 3 rings (SSSR count). The van der Waals surface area contributed by atoms with Crippen molar-refractivity contribution in [2.75, 3.05) is 18.6 Å². The van der Waals surface area contributed by atoms with Crippen LogP contribution in [0.25, 0.3) is 6.08 Å². The van der Waals surface area contributed by atoms with Gasteiger partial charge in [-0.1, -0.05) is 49.1 Å².